The summed E-state index contributed by atoms with van der Waals surface area (Å²) >= 11 is 0. The van der Waals surface area contributed by atoms with Gasteiger partial charge in [-0.05, 0) is 38.6 Å². The second-order valence-electron chi connectivity index (χ2n) is 4.26. The molecule has 0 bridgehead atoms. The van der Waals surface area contributed by atoms with Crippen molar-refractivity contribution in [2.75, 3.05) is 26.3 Å². The minimum atomic E-state index is 0.472. The maximum Gasteiger partial charge on any atom is 0.0711 e. The van der Waals surface area contributed by atoms with Crippen molar-refractivity contribution in [3.05, 3.63) is 0 Å². The molecule has 2 rings (SSSR count). The molecule has 0 amide bonds. The molecule has 0 spiro atoms. The van der Waals surface area contributed by atoms with Crippen LogP contribution in [0.2, 0.25) is 0 Å². The van der Waals surface area contributed by atoms with Crippen LogP contribution in [0.4, 0.5) is 0 Å². The largest absolute Gasteiger partial charge is 0.378 e. The summed E-state index contributed by atoms with van der Waals surface area (Å²) in [6, 6.07) is 0. The van der Waals surface area contributed by atoms with Crippen LogP contribution in [0.5, 0.6) is 0 Å². The lowest BCUT2D eigenvalue weighted by Crippen LogP contribution is -2.17. The predicted molar refractivity (Wildman–Crippen MR) is 55.4 cm³/mol. The van der Waals surface area contributed by atoms with E-state index in [-0.39, 0.29) is 0 Å². The summed E-state index contributed by atoms with van der Waals surface area (Å²) in [5, 5.41) is 3.30. The van der Waals surface area contributed by atoms with Gasteiger partial charge in [-0.2, -0.15) is 0 Å². The van der Waals surface area contributed by atoms with E-state index in [1.165, 1.54) is 25.7 Å². The molecule has 0 aromatic carbocycles. The third-order valence-electron chi connectivity index (χ3n) is 3.06. The van der Waals surface area contributed by atoms with Crippen molar-refractivity contribution in [3.8, 4) is 0 Å². The molecule has 2 aliphatic rings. The lowest BCUT2D eigenvalue weighted by Gasteiger charge is -2.12. The van der Waals surface area contributed by atoms with Gasteiger partial charge in [-0.25, -0.2) is 0 Å². The highest BCUT2D eigenvalue weighted by Crippen LogP contribution is 2.17. The van der Waals surface area contributed by atoms with Gasteiger partial charge in [-0.3, -0.25) is 0 Å². The van der Waals surface area contributed by atoms with Crippen LogP contribution in [0.1, 0.15) is 32.1 Å². The van der Waals surface area contributed by atoms with Gasteiger partial charge >= 0.3 is 0 Å². The monoisotopic (exact) mass is 199 g/mol. The summed E-state index contributed by atoms with van der Waals surface area (Å²) in [5.74, 6) is 0. The molecular weight excluding hydrogens is 178 g/mol. The van der Waals surface area contributed by atoms with Crippen molar-refractivity contribution in [2.45, 2.75) is 44.3 Å². The Hall–Kier alpha value is -0.120. The average Bonchev–Trinajstić information content (AvgIpc) is 2.86. The van der Waals surface area contributed by atoms with Crippen molar-refractivity contribution >= 4 is 0 Å². The molecule has 0 aromatic heterocycles. The number of hydrogen-bond acceptors (Lipinski definition) is 3. The van der Waals surface area contributed by atoms with E-state index in [1.807, 2.05) is 0 Å². The summed E-state index contributed by atoms with van der Waals surface area (Å²) in [6.07, 6.45) is 7.02. The van der Waals surface area contributed by atoms with Crippen molar-refractivity contribution < 1.29 is 9.47 Å². The number of nitrogens with one attached hydrogen (secondary N) is 1. The standard InChI is InChI=1S/C11H21NO2/c1-3-10(13-7-1)4-2-8-14-11-5-6-12-9-11/h10-12H,1-9H2. The maximum atomic E-state index is 5.74. The zero-order valence-corrected chi connectivity index (χ0v) is 8.84. The van der Waals surface area contributed by atoms with E-state index in [0.29, 0.717) is 12.2 Å². The lowest BCUT2D eigenvalue weighted by atomic mass is 10.1. The molecule has 2 unspecified atom stereocenters. The number of ether oxygens (including phenoxy) is 2. The van der Waals surface area contributed by atoms with Gasteiger partial charge in [0, 0.05) is 19.8 Å². The first kappa shape index (κ1) is 10.4. The quantitative estimate of drug-likeness (QED) is 0.677. The fourth-order valence-corrected chi connectivity index (χ4v) is 2.20. The van der Waals surface area contributed by atoms with Gasteiger partial charge in [0.2, 0.25) is 0 Å². The summed E-state index contributed by atoms with van der Waals surface area (Å²) < 4.78 is 11.3. The minimum absolute atomic E-state index is 0.472. The van der Waals surface area contributed by atoms with Gasteiger partial charge < -0.3 is 14.8 Å². The third kappa shape index (κ3) is 3.23. The van der Waals surface area contributed by atoms with E-state index in [9.17, 15) is 0 Å². The van der Waals surface area contributed by atoms with E-state index in [4.69, 9.17) is 9.47 Å². The van der Waals surface area contributed by atoms with E-state index >= 15 is 0 Å². The second-order valence-corrected chi connectivity index (χ2v) is 4.26. The zero-order chi connectivity index (χ0) is 9.64. The van der Waals surface area contributed by atoms with Gasteiger partial charge in [-0.1, -0.05) is 0 Å². The Kier molecular flexibility index (Phi) is 4.22. The average molecular weight is 199 g/mol. The Balaban J connectivity index is 1.46. The van der Waals surface area contributed by atoms with Crippen LogP contribution in [0.3, 0.4) is 0 Å². The van der Waals surface area contributed by atoms with Gasteiger partial charge in [0.1, 0.15) is 0 Å². The Bertz CT molecular complexity index is 133. The highest BCUT2D eigenvalue weighted by molar-refractivity contribution is 4.71. The van der Waals surface area contributed by atoms with E-state index in [1.54, 1.807) is 0 Å². The smallest absolute Gasteiger partial charge is 0.0711 e. The highest BCUT2D eigenvalue weighted by Gasteiger charge is 2.16. The van der Waals surface area contributed by atoms with Crippen LogP contribution in [0.25, 0.3) is 0 Å². The molecule has 0 saturated carbocycles. The summed E-state index contributed by atoms with van der Waals surface area (Å²) in [4.78, 5) is 0. The fourth-order valence-electron chi connectivity index (χ4n) is 2.20. The van der Waals surface area contributed by atoms with E-state index in [2.05, 4.69) is 5.32 Å². The van der Waals surface area contributed by atoms with Crippen molar-refractivity contribution in [2.24, 2.45) is 0 Å². The Labute approximate surface area is 86.2 Å². The molecule has 1 N–H and O–H groups in total. The molecule has 2 atom stereocenters. The fraction of sp³-hybridized carbons (Fsp3) is 1.00. The summed E-state index contributed by atoms with van der Waals surface area (Å²) in [6.45, 7) is 4.04. The molecule has 82 valence electrons. The van der Waals surface area contributed by atoms with Crippen LogP contribution in [0, 0.1) is 0 Å². The van der Waals surface area contributed by atoms with E-state index in [0.717, 1.165) is 32.7 Å². The molecule has 3 nitrogen and oxygen atoms in total. The highest BCUT2D eigenvalue weighted by atomic mass is 16.5. The molecule has 3 heteroatoms. The maximum absolute atomic E-state index is 5.74. The van der Waals surface area contributed by atoms with Gasteiger partial charge in [0.25, 0.3) is 0 Å². The lowest BCUT2D eigenvalue weighted by molar-refractivity contribution is 0.0490. The first-order chi connectivity index (χ1) is 6.95. The Morgan fingerprint density at radius 2 is 2.36 bits per heavy atom. The summed E-state index contributed by atoms with van der Waals surface area (Å²) in [7, 11) is 0. The molecule has 14 heavy (non-hydrogen) atoms. The molecule has 2 aliphatic heterocycles. The van der Waals surface area contributed by atoms with Crippen molar-refractivity contribution in [1.29, 1.82) is 0 Å². The molecule has 2 saturated heterocycles. The molecule has 2 heterocycles. The number of hydrogen-bond donors (Lipinski definition) is 1. The molecule has 0 radical (unpaired) electrons. The van der Waals surface area contributed by atoms with Crippen molar-refractivity contribution in [1.82, 2.24) is 5.32 Å². The molecule has 0 aromatic rings. The van der Waals surface area contributed by atoms with Crippen LogP contribution < -0.4 is 5.32 Å². The normalized spacial score (nSPS) is 32.6. The molecular formula is C11H21NO2. The number of rotatable bonds is 5. The van der Waals surface area contributed by atoms with Crippen LogP contribution in [-0.4, -0.2) is 38.5 Å². The Morgan fingerprint density at radius 1 is 1.36 bits per heavy atom. The second kappa shape index (κ2) is 5.69. The first-order valence-corrected chi connectivity index (χ1v) is 5.89. The summed E-state index contributed by atoms with van der Waals surface area (Å²) in [5.41, 5.74) is 0. The zero-order valence-electron chi connectivity index (χ0n) is 8.84. The topological polar surface area (TPSA) is 30.5 Å². The minimum Gasteiger partial charge on any atom is -0.378 e. The van der Waals surface area contributed by atoms with E-state index < -0.39 is 0 Å². The van der Waals surface area contributed by atoms with Gasteiger partial charge in [0.05, 0.1) is 12.2 Å². The molecule has 2 fully saturated rings. The van der Waals surface area contributed by atoms with Crippen LogP contribution in [-0.2, 0) is 9.47 Å². The predicted octanol–water partition coefficient (Wildman–Crippen LogP) is 1.32. The SMILES string of the molecule is C1COC(CCCOC2CCNC2)C1. The Morgan fingerprint density at radius 3 is 3.07 bits per heavy atom. The first-order valence-electron chi connectivity index (χ1n) is 5.89. The van der Waals surface area contributed by atoms with Gasteiger partial charge in [-0.15, -0.1) is 0 Å². The van der Waals surface area contributed by atoms with Gasteiger partial charge in [0.15, 0.2) is 0 Å². The van der Waals surface area contributed by atoms with Crippen LogP contribution >= 0.6 is 0 Å². The van der Waals surface area contributed by atoms with Crippen LogP contribution in [0.15, 0.2) is 0 Å². The third-order valence-corrected chi connectivity index (χ3v) is 3.06. The molecule has 0 aliphatic carbocycles. The van der Waals surface area contributed by atoms with Crippen molar-refractivity contribution in [3.63, 3.8) is 0 Å².